The van der Waals surface area contributed by atoms with Crippen LogP contribution in [0.2, 0.25) is 0 Å². The largest absolute Gasteiger partial charge is 0.420 e. The fourth-order valence-electron chi connectivity index (χ4n) is 9.05. The monoisotopic (exact) mass is 1030 g/mol. The van der Waals surface area contributed by atoms with Gasteiger partial charge >= 0.3 is 11.9 Å². The van der Waals surface area contributed by atoms with E-state index in [1.54, 1.807) is 13.8 Å². The Morgan fingerprint density at radius 3 is 0.887 bits per heavy atom. The van der Waals surface area contributed by atoms with E-state index in [0.717, 1.165) is 19.3 Å². The van der Waals surface area contributed by atoms with Crippen LogP contribution in [0.3, 0.4) is 0 Å². The molecule has 20 heteroatoms. The van der Waals surface area contributed by atoms with Crippen LogP contribution < -0.4 is 9.47 Å². The van der Waals surface area contributed by atoms with Crippen molar-refractivity contribution in [2.45, 2.75) is 137 Å². The summed E-state index contributed by atoms with van der Waals surface area (Å²) >= 11 is 0. The van der Waals surface area contributed by atoms with Crippen LogP contribution in [0.5, 0.6) is 11.5 Å². The first kappa shape index (κ1) is 56.6. The van der Waals surface area contributed by atoms with E-state index in [0.29, 0.717) is 76.0 Å². The first-order chi connectivity index (χ1) is 33.6. The molecule has 0 aliphatic heterocycles. The molecule has 2 aliphatic rings. The van der Waals surface area contributed by atoms with Crippen LogP contribution in [0.15, 0.2) is 0 Å². The second-order valence-electron chi connectivity index (χ2n) is 17.8. The molecule has 0 N–H and O–H groups in total. The van der Waals surface area contributed by atoms with Crippen LogP contribution in [0.1, 0.15) is 135 Å². The van der Waals surface area contributed by atoms with Gasteiger partial charge in [-0.25, -0.2) is 52.7 Å². The predicted molar refractivity (Wildman–Crippen MR) is 228 cm³/mol. The van der Waals surface area contributed by atoms with Crippen LogP contribution in [0, 0.1) is 117 Å². The van der Waals surface area contributed by atoms with Crippen molar-refractivity contribution < 1.29 is 89.3 Å². The molecule has 6 rings (SSSR count). The maximum absolute atomic E-state index is 14.8. The highest BCUT2D eigenvalue weighted by molar-refractivity contribution is 5.77. The summed E-state index contributed by atoms with van der Waals surface area (Å²) in [5.74, 6) is -41.4. The van der Waals surface area contributed by atoms with Crippen molar-refractivity contribution in [3.8, 4) is 33.8 Å². The molecule has 4 nitrogen and oxygen atoms in total. The van der Waals surface area contributed by atoms with Gasteiger partial charge < -0.3 is 9.47 Å². The van der Waals surface area contributed by atoms with Gasteiger partial charge in [0.05, 0.1) is 34.1 Å². The SMILES string of the molecule is CCCCc1c(F)c(F)c(-c2c(F)c(F)c(OC(=O)C3CCC(CC)CC3)c(F)c2F)c(F)c1F.CCCCc1c(F)c(F)c(-c2c(F)c(F)c(OC(=O)C3CCC(CCC)CC3)c(F)c2F)c(F)c1F. The van der Waals surface area contributed by atoms with Gasteiger partial charge in [0.25, 0.3) is 0 Å². The van der Waals surface area contributed by atoms with Crippen molar-refractivity contribution in [3.05, 3.63) is 104 Å². The number of carbonyl (C=O) groups excluding carboxylic acids is 2. The van der Waals surface area contributed by atoms with Crippen molar-refractivity contribution >= 4 is 11.9 Å². The van der Waals surface area contributed by atoms with Crippen LogP contribution in [-0.4, -0.2) is 11.9 Å². The number of hydrogen-bond acceptors (Lipinski definition) is 4. The number of ether oxygens (including phenoxy) is 2. The van der Waals surface area contributed by atoms with E-state index in [1.165, 1.54) is 0 Å². The third-order valence-electron chi connectivity index (χ3n) is 13.3. The molecule has 0 saturated heterocycles. The van der Waals surface area contributed by atoms with E-state index >= 15 is 0 Å². The number of esters is 2. The highest BCUT2D eigenvalue weighted by Crippen LogP contribution is 2.44. The van der Waals surface area contributed by atoms with Crippen molar-refractivity contribution in [1.29, 1.82) is 0 Å². The molecule has 0 radical (unpaired) electrons. The molecule has 0 heterocycles. The minimum absolute atomic E-state index is 0.151. The lowest BCUT2D eigenvalue weighted by Crippen LogP contribution is -2.26. The molecular weight excluding hydrogens is 981 g/mol. The molecule has 0 bridgehead atoms. The Morgan fingerprint density at radius 2 is 0.634 bits per heavy atom. The number of halogens is 16. The molecule has 71 heavy (non-hydrogen) atoms. The summed E-state index contributed by atoms with van der Waals surface area (Å²) in [4.78, 5) is 24.8. The minimum Gasteiger partial charge on any atom is -0.420 e. The van der Waals surface area contributed by atoms with Crippen molar-refractivity contribution in [3.63, 3.8) is 0 Å². The zero-order valence-electron chi connectivity index (χ0n) is 39.0. The van der Waals surface area contributed by atoms with Gasteiger partial charge in [-0.3, -0.25) is 9.59 Å². The third kappa shape index (κ3) is 11.7. The lowest BCUT2D eigenvalue weighted by Gasteiger charge is -2.27. The van der Waals surface area contributed by atoms with Crippen LogP contribution in [-0.2, 0) is 22.4 Å². The Labute approximate surface area is 399 Å². The molecule has 2 saturated carbocycles. The first-order valence-electron chi connectivity index (χ1n) is 23.4. The fourth-order valence-corrected chi connectivity index (χ4v) is 9.05. The number of carbonyl (C=O) groups is 2. The third-order valence-corrected chi connectivity index (χ3v) is 13.3. The Bertz CT molecular complexity index is 2500. The average molecular weight is 1030 g/mol. The standard InChI is InChI=1S/C26H26F8O2.C25H24F8O2/c1-3-5-7-14-17(27)19(29)15(20(30)18(14)28)16-21(31)23(33)25(24(34)22(16)32)36-26(35)13-10-8-12(6-4-2)9-11-13;1-3-5-6-13-16(26)18(28)14(19(29)17(13)27)15-20(30)22(32)24(23(33)21(15)31)35-25(34)12-9-7-11(4-2)8-10-12/h12-13H,3-11H2,1-2H3;11-12H,3-10H2,1-2H3. The Morgan fingerprint density at radius 1 is 0.366 bits per heavy atom. The summed E-state index contributed by atoms with van der Waals surface area (Å²) in [6.45, 7) is 7.29. The maximum Gasteiger partial charge on any atom is 0.314 e. The highest BCUT2D eigenvalue weighted by atomic mass is 19.2. The van der Waals surface area contributed by atoms with Gasteiger partial charge in [0.15, 0.2) is 69.8 Å². The van der Waals surface area contributed by atoms with Crippen molar-refractivity contribution in [2.24, 2.45) is 23.7 Å². The van der Waals surface area contributed by atoms with E-state index in [9.17, 15) is 79.8 Å². The van der Waals surface area contributed by atoms with Gasteiger partial charge in [-0.05, 0) is 88.9 Å². The summed E-state index contributed by atoms with van der Waals surface area (Å²) < 4.78 is 243. The first-order valence-corrected chi connectivity index (χ1v) is 23.4. The van der Waals surface area contributed by atoms with Crippen LogP contribution >= 0.6 is 0 Å². The molecule has 0 atom stereocenters. The molecule has 390 valence electrons. The van der Waals surface area contributed by atoms with E-state index in [-0.39, 0.29) is 12.8 Å². The second-order valence-corrected chi connectivity index (χ2v) is 17.8. The van der Waals surface area contributed by atoms with Crippen molar-refractivity contribution in [1.82, 2.24) is 0 Å². The molecular formula is C51H50F16O4. The second kappa shape index (κ2) is 24.4. The summed E-state index contributed by atoms with van der Waals surface area (Å²) in [7, 11) is 0. The number of hydrogen-bond donors (Lipinski definition) is 0. The van der Waals surface area contributed by atoms with Gasteiger partial charge in [0.2, 0.25) is 34.8 Å². The fraction of sp³-hybridized carbons (Fsp3) is 0.490. The van der Waals surface area contributed by atoms with Crippen LogP contribution in [0.25, 0.3) is 22.3 Å². The molecule has 4 aromatic rings. The number of rotatable bonds is 15. The normalized spacial score (nSPS) is 18.0. The van der Waals surface area contributed by atoms with Gasteiger partial charge in [-0.2, -0.15) is 17.6 Å². The maximum atomic E-state index is 14.8. The van der Waals surface area contributed by atoms with Gasteiger partial charge in [0, 0.05) is 11.1 Å². The van der Waals surface area contributed by atoms with Gasteiger partial charge in [-0.1, -0.05) is 59.8 Å². The predicted octanol–water partition coefficient (Wildman–Crippen LogP) is 16.3. The summed E-state index contributed by atoms with van der Waals surface area (Å²) in [6, 6.07) is 0. The zero-order valence-corrected chi connectivity index (χ0v) is 39.0. The van der Waals surface area contributed by atoms with E-state index in [1.807, 2.05) is 13.8 Å². The van der Waals surface area contributed by atoms with Crippen LogP contribution in [0.4, 0.5) is 70.2 Å². The number of benzene rings is 4. The molecule has 0 spiro atoms. The zero-order chi connectivity index (χ0) is 52.8. The van der Waals surface area contributed by atoms with Gasteiger partial charge in [-0.15, -0.1) is 0 Å². The minimum atomic E-state index is -2.36. The average Bonchev–Trinajstić information content (AvgIpc) is 3.36. The quantitative estimate of drug-likeness (QED) is 0.0515. The smallest absolute Gasteiger partial charge is 0.314 e. The van der Waals surface area contributed by atoms with E-state index in [4.69, 9.17) is 0 Å². The molecule has 4 aromatic carbocycles. The topological polar surface area (TPSA) is 52.6 Å². The Kier molecular flexibility index (Phi) is 19.5. The lowest BCUT2D eigenvalue weighted by molar-refractivity contribution is -0.141. The summed E-state index contributed by atoms with van der Waals surface area (Å²) in [6.07, 6.45) is 7.19. The Balaban J connectivity index is 0.000000264. The highest BCUT2D eigenvalue weighted by Gasteiger charge is 2.39. The van der Waals surface area contributed by atoms with E-state index in [2.05, 4.69) is 9.47 Å². The molecule has 0 unspecified atom stereocenters. The summed E-state index contributed by atoms with van der Waals surface area (Å²) in [5, 5.41) is 0. The molecule has 2 aliphatic carbocycles. The molecule has 0 amide bonds. The molecule has 0 aromatic heterocycles. The Hall–Kier alpha value is -5.30. The van der Waals surface area contributed by atoms with Crippen molar-refractivity contribution in [2.75, 3.05) is 0 Å². The lowest BCUT2D eigenvalue weighted by atomic mass is 9.80. The van der Waals surface area contributed by atoms with Gasteiger partial charge in [0.1, 0.15) is 0 Å². The van der Waals surface area contributed by atoms with E-state index < -0.39 is 175 Å². The summed E-state index contributed by atoms with van der Waals surface area (Å²) in [5.41, 5.74) is -9.83. The number of unbranched alkanes of at least 4 members (excludes halogenated alkanes) is 2. The molecule has 2 fully saturated rings.